The van der Waals surface area contributed by atoms with Crippen LogP contribution in [0.5, 0.6) is 0 Å². The van der Waals surface area contributed by atoms with Crippen LogP contribution in [-0.2, 0) is 4.79 Å². The number of nitrogens with one attached hydrogen (secondary N) is 2. The normalized spacial score (nSPS) is 19.3. The van der Waals surface area contributed by atoms with Crippen LogP contribution in [0.2, 0.25) is 0 Å². The number of thiocarbonyl (C=S) groups is 1. The van der Waals surface area contributed by atoms with E-state index in [0.29, 0.717) is 11.5 Å². The van der Waals surface area contributed by atoms with Gasteiger partial charge in [-0.25, -0.2) is 0 Å². The first-order chi connectivity index (χ1) is 15.8. The summed E-state index contributed by atoms with van der Waals surface area (Å²) in [6, 6.07) is 21.8. The number of Topliss-reactive ketones (excluding diaryl/α,β-unsaturated/α-hetero) is 1. The van der Waals surface area contributed by atoms with Gasteiger partial charge in [-0.1, -0.05) is 44.2 Å². The van der Waals surface area contributed by atoms with Crippen molar-refractivity contribution in [2.45, 2.75) is 32.7 Å². The Morgan fingerprint density at radius 3 is 2.55 bits per heavy atom. The third-order valence-electron chi connectivity index (χ3n) is 6.01. The van der Waals surface area contributed by atoms with Gasteiger partial charge in [-0.05, 0) is 76.4 Å². The van der Waals surface area contributed by atoms with E-state index in [4.69, 9.17) is 12.2 Å². The van der Waals surface area contributed by atoms with Crippen molar-refractivity contribution in [2.24, 2.45) is 5.41 Å². The smallest absolute Gasteiger partial charge is 0.178 e. The van der Waals surface area contributed by atoms with Crippen molar-refractivity contribution < 1.29 is 4.79 Å². The van der Waals surface area contributed by atoms with Gasteiger partial charge < -0.3 is 15.5 Å². The first-order valence-corrected chi connectivity index (χ1v) is 12.9. The number of anilines is 3. The van der Waals surface area contributed by atoms with Gasteiger partial charge in [0.1, 0.15) is 6.04 Å². The number of carbonyl (C=O) groups is 1. The number of allylic oxidation sites excluding steroid dienone is 1. The molecular formula is C26H24BrN3OS2. The summed E-state index contributed by atoms with van der Waals surface area (Å²) in [7, 11) is 0. The van der Waals surface area contributed by atoms with Crippen molar-refractivity contribution in [3.63, 3.8) is 0 Å². The summed E-state index contributed by atoms with van der Waals surface area (Å²) in [5.41, 5.74) is 4.50. The molecule has 1 atom stereocenters. The number of halogens is 1. The van der Waals surface area contributed by atoms with Gasteiger partial charge in [0.2, 0.25) is 0 Å². The van der Waals surface area contributed by atoms with E-state index in [1.54, 1.807) is 11.3 Å². The van der Waals surface area contributed by atoms with Crippen molar-refractivity contribution in [1.29, 1.82) is 0 Å². The Hall–Kier alpha value is -2.48. The van der Waals surface area contributed by atoms with Crippen LogP contribution in [0.1, 0.15) is 37.6 Å². The summed E-state index contributed by atoms with van der Waals surface area (Å²) >= 11 is 11.3. The highest BCUT2D eigenvalue weighted by atomic mass is 79.9. The van der Waals surface area contributed by atoms with Crippen molar-refractivity contribution in [1.82, 2.24) is 0 Å². The minimum atomic E-state index is -0.320. The standard InChI is InChI=1S/C26H24BrN3OS2/c1-26(2)14-18-23(20(31)15-26)24(21-12-13-22(27)33-21)30(19-11-7-6-10-17(19)29-18)25(32)28-16-8-4-3-5-9-16/h3-13,24,29H,14-15H2,1-2H3,(H,28,32). The van der Waals surface area contributed by atoms with Gasteiger partial charge in [-0.2, -0.15) is 0 Å². The average molecular weight is 539 g/mol. The Kier molecular flexibility index (Phi) is 5.89. The van der Waals surface area contributed by atoms with Crippen molar-refractivity contribution in [3.8, 4) is 0 Å². The highest BCUT2D eigenvalue weighted by molar-refractivity contribution is 9.11. The predicted octanol–water partition coefficient (Wildman–Crippen LogP) is 7.52. The molecule has 0 bridgehead atoms. The summed E-state index contributed by atoms with van der Waals surface area (Å²) in [5.74, 6) is 0.170. The van der Waals surface area contributed by atoms with Gasteiger partial charge in [-0.15, -0.1) is 11.3 Å². The zero-order valence-corrected chi connectivity index (χ0v) is 21.6. The Labute approximate surface area is 211 Å². The molecule has 2 aliphatic rings. The van der Waals surface area contributed by atoms with Gasteiger partial charge in [0.05, 0.1) is 15.2 Å². The molecule has 0 amide bonds. The number of para-hydroxylation sites is 3. The van der Waals surface area contributed by atoms with Gasteiger partial charge in [0, 0.05) is 28.3 Å². The van der Waals surface area contributed by atoms with Crippen molar-refractivity contribution >= 4 is 67.4 Å². The van der Waals surface area contributed by atoms with Gasteiger partial charge in [0.25, 0.3) is 0 Å². The lowest BCUT2D eigenvalue weighted by Crippen LogP contribution is -2.41. The second-order valence-corrected chi connectivity index (χ2v) is 12.1. The second-order valence-electron chi connectivity index (χ2n) is 9.19. The zero-order valence-electron chi connectivity index (χ0n) is 18.4. The van der Waals surface area contributed by atoms with Crippen molar-refractivity contribution in [2.75, 3.05) is 15.5 Å². The topological polar surface area (TPSA) is 44.4 Å². The van der Waals surface area contributed by atoms with Crippen LogP contribution in [0.15, 0.2) is 81.8 Å². The Balaban J connectivity index is 1.71. The molecule has 4 nitrogen and oxygen atoms in total. The molecule has 0 saturated carbocycles. The number of benzene rings is 2. The monoisotopic (exact) mass is 537 g/mol. The summed E-state index contributed by atoms with van der Waals surface area (Å²) in [6.07, 6.45) is 1.32. The molecule has 33 heavy (non-hydrogen) atoms. The van der Waals surface area contributed by atoms with Gasteiger partial charge in [0.15, 0.2) is 10.9 Å². The molecule has 1 aromatic heterocycles. The molecule has 2 heterocycles. The van der Waals surface area contributed by atoms with E-state index in [1.807, 2.05) is 48.5 Å². The fraction of sp³-hybridized carbons (Fsp3) is 0.231. The summed E-state index contributed by atoms with van der Waals surface area (Å²) in [6.45, 7) is 4.31. The predicted molar refractivity (Wildman–Crippen MR) is 145 cm³/mol. The van der Waals surface area contributed by atoms with Crippen molar-refractivity contribution in [3.05, 3.63) is 86.7 Å². The molecule has 0 radical (unpaired) electrons. The van der Waals surface area contributed by atoms with E-state index < -0.39 is 0 Å². The number of carbonyl (C=O) groups excluding carboxylic acids is 1. The van der Waals surface area contributed by atoms with E-state index in [2.05, 4.69) is 63.5 Å². The van der Waals surface area contributed by atoms with Crippen LogP contribution in [0, 0.1) is 5.41 Å². The zero-order chi connectivity index (χ0) is 23.2. The highest BCUT2D eigenvalue weighted by Crippen LogP contribution is 2.49. The van der Waals surface area contributed by atoms with Crippen LogP contribution in [0.3, 0.4) is 0 Å². The van der Waals surface area contributed by atoms with E-state index >= 15 is 0 Å². The second kappa shape index (κ2) is 8.70. The van der Waals surface area contributed by atoms with Crippen LogP contribution >= 0.6 is 39.5 Å². The number of hydrogen-bond donors (Lipinski definition) is 2. The lowest BCUT2D eigenvalue weighted by atomic mass is 9.74. The number of hydrogen-bond acceptors (Lipinski definition) is 4. The van der Waals surface area contributed by atoms with Gasteiger partial charge in [-0.3, -0.25) is 4.79 Å². The molecule has 2 N–H and O–H groups in total. The van der Waals surface area contributed by atoms with E-state index in [1.165, 1.54) is 0 Å². The maximum Gasteiger partial charge on any atom is 0.178 e. The minimum Gasteiger partial charge on any atom is -0.357 e. The Morgan fingerprint density at radius 1 is 1.09 bits per heavy atom. The Morgan fingerprint density at radius 2 is 1.82 bits per heavy atom. The van der Waals surface area contributed by atoms with E-state index in [0.717, 1.165) is 43.4 Å². The molecule has 1 unspecified atom stereocenters. The highest BCUT2D eigenvalue weighted by Gasteiger charge is 2.43. The molecule has 168 valence electrons. The number of rotatable bonds is 2. The largest absolute Gasteiger partial charge is 0.357 e. The molecule has 0 fully saturated rings. The lowest BCUT2D eigenvalue weighted by molar-refractivity contribution is -0.118. The van der Waals surface area contributed by atoms with E-state index in [-0.39, 0.29) is 17.2 Å². The molecule has 5 rings (SSSR count). The van der Waals surface area contributed by atoms with E-state index in [9.17, 15) is 4.79 Å². The Bertz CT molecular complexity index is 1270. The fourth-order valence-electron chi connectivity index (χ4n) is 4.66. The first-order valence-electron chi connectivity index (χ1n) is 10.9. The maximum absolute atomic E-state index is 13.7. The number of fused-ring (bicyclic) bond motifs is 1. The number of ketones is 1. The van der Waals surface area contributed by atoms with Crippen LogP contribution in [-0.4, -0.2) is 10.9 Å². The average Bonchev–Trinajstić information content (AvgIpc) is 3.13. The maximum atomic E-state index is 13.7. The van der Waals surface area contributed by atoms with Crippen LogP contribution in [0.25, 0.3) is 0 Å². The van der Waals surface area contributed by atoms with Gasteiger partial charge >= 0.3 is 0 Å². The fourth-order valence-corrected chi connectivity index (χ4v) is 6.51. The summed E-state index contributed by atoms with van der Waals surface area (Å²) in [4.78, 5) is 16.8. The molecular weight excluding hydrogens is 514 g/mol. The summed E-state index contributed by atoms with van der Waals surface area (Å²) in [5, 5.41) is 7.58. The van der Waals surface area contributed by atoms with Crippen LogP contribution < -0.4 is 15.5 Å². The molecule has 0 spiro atoms. The molecule has 1 aliphatic carbocycles. The molecule has 1 aliphatic heterocycles. The first kappa shape index (κ1) is 22.3. The molecule has 0 saturated heterocycles. The lowest BCUT2D eigenvalue weighted by Gasteiger charge is -2.37. The third-order valence-corrected chi connectivity index (χ3v) is 7.98. The minimum absolute atomic E-state index is 0.101. The quantitative estimate of drug-likeness (QED) is 0.331. The number of thiophene rings is 1. The molecule has 7 heteroatoms. The third kappa shape index (κ3) is 4.37. The number of nitrogens with zero attached hydrogens (tertiary/aromatic N) is 1. The van der Waals surface area contributed by atoms with Crippen LogP contribution in [0.4, 0.5) is 17.1 Å². The SMILES string of the molecule is CC1(C)CC(=O)C2=C(C1)Nc1ccccc1N(C(=S)Nc1ccccc1)C2c1ccc(Br)s1. The molecule has 3 aromatic rings. The summed E-state index contributed by atoms with van der Waals surface area (Å²) < 4.78 is 1.02. The molecule has 2 aromatic carbocycles.